The summed E-state index contributed by atoms with van der Waals surface area (Å²) in [5.74, 6) is 0. The molecule has 3 nitrogen and oxygen atoms in total. The topological polar surface area (TPSA) is 32.7 Å². The van der Waals surface area contributed by atoms with Crippen LogP contribution in [0.2, 0.25) is 0 Å². The molecule has 0 radical (unpaired) electrons. The van der Waals surface area contributed by atoms with Crippen molar-refractivity contribution in [1.29, 1.82) is 0 Å². The van der Waals surface area contributed by atoms with Crippen LogP contribution in [-0.2, 0) is 11.2 Å². The molecule has 2 unspecified atom stereocenters. The zero-order chi connectivity index (χ0) is 11.0. The molecule has 1 aliphatic heterocycles. The van der Waals surface area contributed by atoms with Crippen LogP contribution in [0.1, 0.15) is 23.0 Å². The number of aryl methyl sites for hydroxylation is 1. The summed E-state index contributed by atoms with van der Waals surface area (Å²) in [4.78, 5) is 3.76. The van der Waals surface area contributed by atoms with E-state index < -0.39 is 0 Å². The summed E-state index contributed by atoms with van der Waals surface area (Å²) in [6.45, 7) is 3.53. The van der Waals surface area contributed by atoms with E-state index >= 15 is 0 Å². The van der Waals surface area contributed by atoms with Crippen LogP contribution in [0, 0.1) is 0 Å². The van der Waals surface area contributed by atoms with Gasteiger partial charge in [-0.15, -0.1) is 11.3 Å². The zero-order valence-corrected chi connectivity index (χ0v) is 10.1. The quantitative estimate of drug-likeness (QED) is 0.804. The maximum Gasteiger partial charge on any atom is 0.0956 e. The molecule has 4 heteroatoms. The fourth-order valence-electron chi connectivity index (χ4n) is 2.75. The van der Waals surface area contributed by atoms with Gasteiger partial charge in [0, 0.05) is 24.0 Å². The van der Waals surface area contributed by atoms with Crippen molar-refractivity contribution in [3.63, 3.8) is 0 Å². The van der Waals surface area contributed by atoms with Crippen LogP contribution in [0.3, 0.4) is 0 Å². The molecule has 0 saturated carbocycles. The molecule has 3 rings (SSSR count). The molecule has 2 aliphatic rings. The highest BCUT2D eigenvalue weighted by Gasteiger charge is 2.33. The Hall–Kier alpha value is -0.420. The first-order chi connectivity index (χ1) is 7.86. The monoisotopic (exact) mass is 239 g/mol. The average Bonchev–Trinajstić information content (AvgIpc) is 2.80. The highest BCUT2D eigenvalue weighted by molar-refractivity contribution is 7.10. The van der Waals surface area contributed by atoms with Crippen LogP contribution in [0.5, 0.6) is 0 Å². The Morgan fingerprint density at radius 3 is 3.00 bits per heavy atom. The summed E-state index contributed by atoms with van der Waals surface area (Å²) in [5, 5.41) is 12.5. The molecule has 0 aromatic carbocycles. The first kappa shape index (κ1) is 10.7. The van der Waals surface area contributed by atoms with Gasteiger partial charge in [-0.1, -0.05) is 0 Å². The second kappa shape index (κ2) is 4.45. The van der Waals surface area contributed by atoms with Crippen molar-refractivity contribution in [1.82, 2.24) is 4.90 Å². The molecule has 1 N–H and O–H groups in total. The number of fused-ring (bicyclic) bond motifs is 1. The molecule has 1 aromatic rings. The van der Waals surface area contributed by atoms with E-state index in [4.69, 9.17) is 4.74 Å². The van der Waals surface area contributed by atoms with E-state index in [1.54, 1.807) is 11.3 Å². The number of aliphatic hydroxyl groups excluding tert-OH is 1. The van der Waals surface area contributed by atoms with Gasteiger partial charge in [0.15, 0.2) is 0 Å². The second-order valence-electron chi connectivity index (χ2n) is 4.50. The molecule has 1 aliphatic carbocycles. The molecule has 1 aromatic heterocycles. The summed E-state index contributed by atoms with van der Waals surface area (Å²) in [6, 6.07) is 2.38. The maximum atomic E-state index is 10.4. The molecule has 0 spiro atoms. The summed E-state index contributed by atoms with van der Waals surface area (Å²) in [6.07, 6.45) is 1.90. The first-order valence-corrected chi connectivity index (χ1v) is 6.80. The van der Waals surface area contributed by atoms with Crippen molar-refractivity contribution in [3.8, 4) is 0 Å². The van der Waals surface area contributed by atoms with Gasteiger partial charge in [-0.3, -0.25) is 4.90 Å². The Bertz CT molecular complexity index is 360. The third-order valence-corrected chi connectivity index (χ3v) is 4.64. The van der Waals surface area contributed by atoms with Crippen molar-refractivity contribution in [2.24, 2.45) is 0 Å². The van der Waals surface area contributed by atoms with E-state index in [-0.39, 0.29) is 6.10 Å². The van der Waals surface area contributed by atoms with Crippen LogP contribution in [0.25, 0.3) is 0 Å². The lowest BCUT2D eigenvalue weighted by molar-refractivity contribution is -0.0282. The molecular weight excluding hydrogens is 222 g/mol. The van der Waals surface area contributed by atoms with E-state index in [9.17, 15) is 5.11 Å². The second-order valence-corrected chi connectivity index (χ2v) is 5.50. The third-order valence-electron chi connectivity index (χ3n) is 3.64. The molecule has 1 saturated heterocycles. The van der Waals surface area contributed by atoms with E-state index in [0.29, 0.717) is 6.04 Å². The summed E-state index contributed by atoms with van der Waals surface area (Å²) in [5.41, 5.74) is 1.16. The zero-order valence-electron chi connectivity index (χ0n) is 9.26. The number of rotatable bonds is 1. The third kappa shape index (κ3) is 1.80. The molecule has 2 heterocycles. The van der Waals surface area contributed by atoms with E-state index in [1.165, 1.54) is 4.88 Å². The molecule has 88 valence electrons. The Kier molecular flexibility index (Phi) is 2.98. The summed E-state index contributed by atoms with van der Waals surface area (Å²) in [7, 11) is 0. The Labute approximate surface area is 99.6 Å². The van der Waals surface area contributed by atoms with Crippen LogP contribution >= 0.6 is 11.3 Å². The van der Waals surface area contributed by atoms with Crippen LogP contribution < -0.4 is 0 Å². The molecular formula is C12H17NO2S. The van der Waals surface area contributed by atoms with Gasteiger partial charge in [0.1, 0.15) is 0 Å². The minimum atomic E-state index is -0.298. The van der Waals surface area contributed by atoms with E-state index in [1.807, 2.05) is 0 Å². The minimum Gasteiger partial charge on any atom is -0.387 e. The molecule has 0 amide bonds. The van der Waals surface area contributed by atoms with E-state index in [0.717, 1.165) is 44.7 Å². The molecule has 2 atom stereocenters. The van der Waals surface area contributed by atoms with Crippen molar-refractivity contribution in [2.45, 2.75) is 25.0 Å². The van der Waals surface area contributed by atoms with Crippen molar-refractivity contribution < 1.29 is 9.84 Å². The van der Waals surface area contributed by atoms with Crippen LogP contribution in [0.15, 0.2) is 11.4 Å². The lowest BCUT2D eigenvalue weighted by Crippen LogP contribution is -2.47. The predicted octanol–water partition coefficient (Wildman–Crippen LogP) is 1.43. The summed E-state index contributed by atoms with van der Waals surface area (Å²) < 4.78 is 5.36. The van der Waals surface area contributed by atoms with Gasteiger partial charge in [0.25, 0.3) is 0 Å². The summed E-state index contributed by atoms with van der Waals surface area (Å²) >= 11 is 1.77. The van der Waals surface area contributed by atoms with Gasteiger partial charge >= 0.3 is 0 Å². The Balaban J connectivity index is 1.78. The molecule has 0 bridgehead atoms. The average molecular weight is 239 g/mol. The van der Waals surface area contributed by atoms with Crippen molar-refractivity contribution >= 4 is 11.3 Å². The lowest BCUT2D eigenvalue weighted by Gasteiger charge is -2.39. The smallest absolute Gasteiger partial charge is 0.0956 e. The van der Waals surface area contributed by atoms with Gasteiger partial charge in [0.05, 0.1) is 19.3 Å². The van der Waals surface area contributed by atoms with Gasteiger partial charge in [0.2, 0.25) is 0 Å². The minimum absolute atomic E-state index is 0.297. The number of hydrogen-bond donors (Lipinski definition) is 1. The fourth-order valence-corrected chi connectivity index (χ4v) is 3.69. The predicted molar refractivity (Wildman–Crippen MR) is 63.8 cm³/mol. The van der Waals surface area contributed by atoms with Crippen molar-refractivity contribution in [2.75, 3.05) is 26.3 Å². The highest BCUT2D eigenvalue weighted by atomic mass is 32.1. The Morgan fingerprint density at radius 1 is 1.38 bits per heavy atom. The van der Waals surface area contributed by atoms with Gasteiger partial charge in [-0.2, -0.15) is 0 Å². The standard InChI is InChI=1S/C12H17NO2S/c14-12-9-3-8-16-11(9)2-1-10(12)13-4-6-15-7-5-13/h3,8,10,12,14H,1-2,4-7H2. The number of ether oxygens (including phenoxy) is 1. The van der Waals surface area contributed by atoms with Crippen molar-refractivity contribution in [3.05, 3.63) is 21.9 Å². The van der Waals surface area contributed by atoms with Gasteiger partial charge in [-0.25, -0.2) is 0 Å². The molecule has 1 fully saturated rings. The largest absolute Gasteiger partial charge is 0.387 e. The number of thiophene rings is 1. The Morgan fingerprint density at radius 2 is 2.19 bits per heavy atom. The number of hydrogen-bond acceptors (Lipinski definition) is 4. The number of nitrogens with zero attached hydrogens (tertiary/aromatic N) is 1. The number of morpholine rings is 1. The number of aliphatic hydroxyl groups is 1. The fraction of sp³-hybridized carbons (Fsp3) is 0.667. The van der Waals surface area contributed by atoms with Crippen LogP contribution in [-0.4, -0.2) is 42.4 Å². The molecule has 16 heavy (non-hydrogen) atoms. The first-order valence-electron chi connectivity index (χ1n) is 5.92. The van der Waals surface area contributed by atoms with Gasteiger partial charge < -0.3 is 9.84 Å². The van der Waals surface area contributed by atoms with Crippen LogP contribution in [0.4, 0.5) is 0 Å². The van der Waals surface area contributed by atoms with E-state index in [2.05, 4.69) is 16.3 Å². The maximum absolute atomic E-state index is 10.4. The highest BCUT2D eigenvalue weighted by Crippen LogP contribution is 2.36. The van der Waals surface area contributed by atoms with Gasteiger partial charge in [-0.05, 0) is 29.9 Å². The lowest BCUT2D eigenvalue weighted by atomic mass is 9.90. The SMILES string of the molecule is OC1c2ccsc2CCC1N1CCOCC1. The normalized spacial score (nSPS) is 31.3.